The molecule has 4 atom stereocenters. The summed E-state index contributed by atoms with van der Waals surface area (Å²) in [7, 11) is -6.92. The third-order valence-corrected chi connectivity index (χ3v) is 23.5. The van der Waals surface area contributed by atoms with Crippen LogP contribution in [0, 0.1) is 5.92 Å². The second-order valence-electron chi connectivity index (χ2n) is 17.9. The molecule has 59 heavy (non-hydrogen) atoms. The van der Waals surface area contributed by atoms with Crippen molar-refractivity contribution >= 4 is 60.2 Å². The van der Waals surface area contributed by atoms with Gasteiger partial charge in [0.1, 0.15) is 17.4 Å². The molecular weight excluding hydrogens is 775 g/mol. The number of benzene rings is 4. The van der Waals surface area contributed by atoms with Gasteiger partial charge in [0.15, 0.2) is 25.5 Å². The van der Waals surface area contributed by atoms with Crippen LogP contribution in [0.1, 0.15) is 61.6 Å². The van der Waals surface area contributed by atoms with Crippen molar-refractivity contribution in [1.82, 2.24) is 19.5 Å². The molecule has 0 saturated carbocycles. The molecule has 1 amide bonds. The zero-order chi connectivity index (χ0) is 42.4. The molecule has 4 aromatic carbocycles. The summed E-state index contributed by atoms with van der Waals surface area (Å²) in [5.74, 6) is -0.778. The molecule has 0 unspecified atom stereocenters. The SMILES string of the molecule is CC(C)C(=O)Nc1nc2c(ncn2[C@@H]2O[C@H](CO[Si](c3ccccc3)(c3ccccc3)C(C)(C)C)[C@](O)([Si](c3ccccc3)(c3ccccc3)C(C)(C)C)[C@H]2O)c(=O)[nH]1. The number of nitrogens with zero attached hydrogens (tertiary/aromatic N) is 3. The van der Waals surface area contributed by atoms with Gasteiger partial charge < -0.3 is 19.4 Å². The smallest absolute Gasteiger partial charge is 0.280 e. The third kappa shape index (κ3) is 6.93. The Balaban J connectivity index is 1.48. The van der Waals surface area contributed by atoms with Gasteiger partial charge in [-0.15, -0.1) is 0 Å². The normalized spacial score (nSPS) is 20.3. The van der Waals surface area contributed by atoms with E-state index in [-0.39, 0.29) is 35.5 Å². The monoisotopic (exact) mass is 829 g/mol. The van der Waals surface area contributed by atoms with Crippen molar-refractivity contribution in [3.63, 3.8) is 0 Å². The van der Waals surface area contributed by atoms with Crippen LogP contribution in [0.5, 0.6) is 0 Å². The number of imidazole rings is 1. The number of amides is 1. The van der Waals surface area contributed by atoms with Gasteiger partial charge in [-0.1, -0.05) is 187 Å². The number of carbonyl (C=O) groups excluding carboxylic acids is 1. The number of hydrogen-bond acceptors (Lipinski definition) is 8. The van der Waals surface area contributed by atoms with E-state index in [1.165, 1.54) is 10.9 Å². The van der Waals surface area contributed by atoms with Crippen LogP contribution in [0.3, 0.4) is 0 Å². The Morgan fingerprint density at radius 3 is 1.75 bits per heavy atom. The van der Waals surface area contributed by atoms with Crippen LogP contribution in [0.25, 0.3) is 11.2 Å². The summed E-state index contributed by atoms with van der Waals surface area (Å²) in [6.45, 7) is 16.3. The molecule has 2 aromatic heterocycles. The number of rotatable bonds is 11. The molecular formula is C46H55N5O6Si2. The quantitative estimate of drug-likeness (QED) is 0.135. The lowest BCUT2D eigenvalue weighted by Gasteiger charge is -2.55. The Labute approximate surface area is 347 Å². The van der Waals surface area contributed by atoms with Crippen molar-refractivity contribution in [2.45, 2.75) is 89.1 Å². The van der Waals surface area contributed by atoms with Gasteiger partial charge in [-0.3, -0.25) is 24.5 Å². The van der Waals surface area contributed by atoms with Crippen LogP contribution in [-0.2, 0) is 14.0 Å². The van der Waals surface area contributed by atoms with Gasteiger partial charge in [-0.25, -0.2) is 4.98 Å². The average Bonchev–Trinajstić information content (AvgIpc) is 3.74. The molecule has 1 aliphatic heterocycles. The van der Waals surface area contributed by atoms with Gasteiger partial charge in [-0.2, -0.15) is 4.98 Å². The summed E-state index contributed by atoms with van der Waals surface area (Å²) in [5.41, 5.74) is -0.506. The largest absolute Gasteiger partial charge is 0.405 e. The van der Waals surface area contributed by atoms with Crippen molar-refractivity contribution in [2.75, 3.05) is 11.9 Å². The number of aliphatic hydroxyl groups is 2. The van der Waals surface area contributed by atoms with Gasteiger partial charge >= 0.3 is 0 Å². The number of hydrogen-bond donors (Lipinski definition) is 4. The van der Waals surface area contributed by atoms with Crippen molar-refractivity contribution < 1.29 is 24.2 Å². The van der Waals surface area contributed by atoms with E-state index < -0.39 is 55.7 Å². The minimum Gasteiger partial charge on any atom is -0.405 e. The van der Waals surface area contributed by atoms with E-state index in [1.54, 1.807) is 13.8 Å². The third-order valence-electron chi connectivity index (χ3n) is 12.0. The predicted molar refractivity (Wildman–Crippen MR) is 238 cm³/mol. The summed E-state index contributed by atoms with van der Waals surface area (Å²) in [6.07, 6.45) is -2.59. The first-order chi connectivity index (χ1) is 28.0. The molecule has 3 heterocycles. The van der Waals surface area contributed by atoms with Gasteiger partial charge in [0.05, 0.1) is 12.9 Å². The van der Waals surface area contributed by atoms with Crippen LogP contribution in [0.15, 0.2) is 132 Å². The van der Waals surface area contributed by atoms with Crippen molar-refractivity contribution in [1.29, 1.82) is 0 Å². The summed E-state index contributed by atoms with van der Waals surface area (Å²) in [5, 5.41) is 31.1. The van der Waals surface area contributed by atoms with Crippen LogP contribution in [0.2, 0.25) is 10.1 Å². The molecule has 11 nitrogen and oxygen atoms in total. The van der Waals surface area contributed by atoms with Gasteiger partial charge in [-0.05, 0) is 20.4 Å². The molecule has 0 radical (unpaired) electrons. The highest BCUT2D eigenvalue weighted by Gasteiger charge is 2.72. The molecule has 13 heteroatoms. The number of fused-ring (bicyclic) bond motifs is 1. The predicted octanol–water partition coefficient (Wildman–Crippen LogP) is 4.88. The number of H-pyrrole nitrogens is 1. The zero-order valence-electron chi connectivity index (χ0n) is 35.0. The van der Waals surface area contributed by atoms with Gasteiger partial charge in [0.25, 0.3) is 13.9 Å². The molecule has 0 spiro atoms. The Morgan fingerprint density at radius 2 is 1.31 bits per heavy atom. The van der Waals surface area contributed by atoms with E-state index in [2.05, 4.69) is 86.1 Å². The van der Waals surface area contributed by atoms with E-state index in [9.17, 15) is 19.8 Å². The van der Waals surface area contributed by atoms with Crippen molar-refractivity contribution in [3.05, 3.63) is 138 Å². The minimum absolute atomic E-state index is 0.00986. The number of anilines is 1. The Kier molecular flexibility index (Phi) is 11.3. The highest BCUT2D eigenvalue weighted by molar-refractivity contribution is 7.06. The fourth-order valence-corrected chi connectivity index (χ4v) is 20.8. The summed E-state index contributed by atoms with van der Waals surface area (Å²) in [6, 6.07) is 40.5. The highest BCUT2D eigenvalue weighted by atomic mass is 28.4. The maximum Gasteiger partial charge on any atom is 0.280 e. The number of nitrogens with one attached hydrogen (secondary N) is 2. The molecule has 308 valence electrons. The molecule has 7 rings (SSSR count). The standard InChI is InChI=1S/C46H55N5O6Si2/c1-31(2)40(53)49-43-48-39-37(41(54)50-43)47-30-51(39)42-38(52)46(55,58(44(3,4)5,32-21-13-9-14-22-32)33-23-15-10-16-24-33)36(57-42)29-56-59(45(6,7)8,34-25-17-11-18-26-34)35-27-19-12-20-28-35/h9-28,30-31,36,38,42,52,55H,29H2,1-8H3,(H2,48,49,50,53,54)/t36-,38+,42-,46+/m1/s1. The van der Waals surface area contributed by atoms with Gasteiger partial charge in [0.2, 0.25) is 11.9 Å². The fourth-order valence-electron chi connectivity index (χ4n) is 9.47. The Morgan fingerprint density at radius 1 is 0.831 bits per heavy atom. The van der Waals surface area contributed by atoms with Crippen LogP contribution in [-0.4, -0.2) is 76.1 Å². The molecule has 6 aromatic rings. The molecule has 0 aliphatic carbocycles. The lowest BCUT2D eigenvalue weighted by atomic mass is 10.1. The maximum absolute atomic E-state index is 14.3. The topological polar surface area (TPSA) is 152 Å². The minimum atomic E-state index is -3.71. The maximum atomic E-state index is 14.3. The Hall–Kier alpha value is -5.03. The summed E-state index contributed by atoms with van der Waals surface area (Å²) < 4.78 is 16.1. The van der Waals surface area contributed by atoms with Crippen LogP contribution in [0.4, 0.5) is 5.95 Å². The van der Waals surface area contributed by atoms with E-state index in [4.69, 9.17) is 9.16 Å². The first-order valence-corrected chi connectivity index (χ1v) is 24.1. The second kappa shape index (κ2) is 15.9. The van der Waals surface area contributed by atoms with Crippen molar-refractivity contribution in [2.24, 2.45) is 5.92 Å². The van der Waals surface area contributed by atoms with E-state index >= 15 is 0 Å². The second-order valence-corrected chi connectivity index (χ2v) is 27.1. The number of aromatic nitrogens is 4. The summed E-state index contributed by atoms with van der Waals surface area (Å²) in [4.78, 5) is 37.8. The van der Waals surface area contributed by atoms with E-state index in [0.717, 1.165) is 20.7 Å². The molecule has 4 N–H and O–H groups in total. The van der Waals surface area contributed by atoms with E-state index in [0.29, 0.717) is 0 Å². The van der Waals surface area contributed by atoms with Crippen LogP contribution >= 0.6 is 0 Å². The first-order valence-electron chi connectivity index (χ1n) is 20.2. The lowest BCUT2D eigenvalue weighted by Crippen LogP contribution is -2.83. The molecule has 1 fully saturated rings. The average molecular weight is 830 g/mol. The van der Waals surface area contributed by atoms with Crippen molar-refractivity contribution in [3.8, 4) is 0 Å². The highest BCUT2D eigenvalue weighted by Crippen LogP contribution is 2.52. The zero-order valence-corrected chi connectivity index (χ0v) is 37.0. The fraction of sp³-hybridized carbons (Fsp3) is 0.348. The number of ether oxygens (including phenoxy) is 1. The van der Waals surface area contributed by atoms with E-state index in [1.807, 2.05) is 97.1 Å². The lowest BCUT2D eigenvalue weighted by molar-refractivity contribution is -0.118. The Bertz CT molecular complexity index is 2370. The van der Waals surface area contributed by atoms with Crippen LogP contribution < -0.4 is 31.6 Å². The molecule has 1 saturated heterocycles. The van der Waals surface area contributed by atoms with Gasteiger partial charge in [0, 0.05) is 5.92 Å². The summed E-state index contributed by atoms with van der Waals surface area (Å²) >= 11 is 0. The molecule has 0 bridgehead atoms. The number of aromatic amines is 1. The first kappa shape index (κ1) is 42.1. The molecule has 1 aliphatic rings. The number of aliphatic hydroxyl groups excluding tert-OH is 1. The number of carbonyl (C=O) groups is 1.